The normalized spacial score (nSPS) is 15.2. The van der Waals surface area contributed by atoms with Gasteiger partial charge >= 0.3 is 0 Å². The maximum atomic E-state index is 11.6. The van der Waals surface area contributed by atoms with Crippen molar-refractivity contribution >= 4 is 5.91 Å². The van der Waals surface area contributed by atoms with E-state index in [1.165, 1.54) is 0 Å². The highest BCUT2D eigenvalue weighted by molar-refractivity contribution is 5.85. The molecule has 0 aliphatic rings. The molecule has 0 heterocycles. The van der Waals surface area contributed by atoms with Crippen LogP contribution in [0.15, 0.2) is 0 Å². The number of nitrogens with zero attached hydrogens (tertiary/aromatic N) is 1. The van der Waals surface area contributed by atoms with Crippen LogP contribution in [0.2, 0.25) is 0 Å². The summed E-state index contributed by atoms with van der Waals surface area (Å²) >= 11 is 0. The second-order valence-corrected chi connectivity index (χ2v) is 3.49. The second kappa shape index (κ2) is 5.19. The number of nitrogens with two attached hydrogens (primary N) is 1. The molecule has 0 bridgehead atoms. The summed E-state index contributed by atoms with van der Waals surface area (Å²) in [4.78, 5) is 13.3. The van der Waals surface area contributed by atoms with Gasteiger partial charge in [-0.3, -0.25) is 4.79 Å². The van der Waals surface area contributed by atoms with Crippen molar-refractivity contribution in [3.05, 3.63) is 0 Å². The molecule has 0 rings (SSSR count). The maximum Gasteiger partial charge on any atom is 0.242 e. The van der Waals surface area contributed by atoms with Crippen molar-refractivity contribution in [3.8, 4) is 0 Å². The van der Waals surface area contributed by atoms with E-state index in [2.05, 4.69) is 0 Å². The zero-order valence-electron chi connectivity index (χ0n) is 8.96. The number of ether oxygens (including phenoxy) is 1. The van der Waals surface area contributed by atoms with Crippen LogP contribution in [0.1, 0.15) is 20.3 Å². The first-order valence-corrected chi connectivity index (χ1v) is 4.49. The highest BCUT2D eigenvalue weighted by atomic mass is 16.5. The largest absolute Gasteiger partial charge is 0.383 e. The minimum absolute atomic E-state index is 0.0351. The maximum absolute atomic E-state index is 11.6. The van der Waals surface area contributed by atoms with E-state index >= 15 is 0 Å². The molecule has 1 unspecified atom stereocenters. The van der Waals surface area contributed by atoms with E-state index in [0.29, 0.717) is 19.6 Å². The summed E-state index contributed by atoms with van der Waals surface area (Å²) in [5.74, 6) is -0.0351. The second-order valence-electron chi connectivity index (χ2n) is 3.49. The molecule has 0 aromatic rings. The van der Waals surface area contributed by atoms with Crippen molar-refractivity contribution in [2.24, 2.45) is 5.73 Å². The Kier molecular flexibility index (Phi) is 4.95. The van der Waals surface area contributed by atoms with Crippen LogP contribution in [0.3, 0.4) is 0 Å². The summed E-state index contributed by atoms with van der Waals surface area (Å²) in [5, 5.41) is 0. The highest BCUT2D eigenvalue weighted by Crippen LogP contribution is 2.08. The first kappa shape index (κ1) is 12.4. The molecule has 78 valence electrons. The van der Waals surface area contributed by atoms with Crippen molar-refractivity contribution in [3.63, 3.8) is 0 Å². The topological polar surface area (TPSA) is 55.6 Å². The molecule has 0 fully saturated rings. The minimum Gasteiger partial charge on any atom is -0.383 e. The summed E-state index contributed by atoms with van der Waals surface area (Å²) < 4.78 is 4.87. The lowest BCUT2D eigenvalue weighted by Gasteiger charge is -2.27. The molecule has 0 radical (unpaired) electrons. The molecule has 0 aliphatic carbocycles. The van der Waals surface area contributed by atoms with Gasteiger partial charge in [0.2, 0.25) is 5.91 Å². The van der Waals surface area contributed by atoms with Gasteiger partial charge in [0.15, 0.2) is 0 Å². The van der Waals surface area contributed by atoms with Crippen LogP contribution < -0.4 is 5.73 Å². The van der Waals surface area contributed by atoms with Gasteiger partial charge < -0.3 is 15.4 Å². The Bertz CT molecular complexity index is 169. The van der Waals surface area contributed by atoms with E-state index in [4.69, 9.17) is 10.5 Å². The van der Waals surface area contributed by atoms with Crippen LogP contribution in [0.5, 0.6) is 0 Å². The average Bonchev–Trinajstić information content (AvgIpc) is 2.12. The van der Waals surface area contributed by atoms with Crippen LogP contribution in [-0.4, -0.2) is 43.7 Å². The average molecular weight is 188 g/mol. The number of hydrogen-bond donors (Lipinski definition) is 1. The lowest BCUT2D eigenvalue weighted by Crippen LogP contribution is -2.52. The van der Waals surface area contributed by atoms with E-state index in [0.717, 1.165) is 0 Å². The number of carbonyl (C=O) groups is 1. The molecule has 0 spiro atoms. The molecule has 2 N–H and O–H groups in total. The summed E-state index contributed by atoms with van der Waals surface area (Å²) in [6.07, 6.45) is 0.642. The van der Waals surface area contributed by atoms with Gasteiger partial charge in [0.1, 0.15) is 0 Å². The molecule has 0 saturated heterocycles. The monoisotopic (exact) mass is 188 g/mol. The van der Waals surface area contributed by atoms with Crippen molar-refractivity contribution in [1.82, 2.24) is 4.90 Å². The fourth-order valence-corrected chi connectivity index (χ4v) is 0.917. The van der Waals surface area contributed by atoms with Gasteiger partial charge in [-0.05, 0) is 13.3 Å². The van der Waals surface area contributed by atoms with Gasteiger partial charge in [-0.25, -0.2) is 0 Å². The van der Waals surface area contributed by atoms with Crippen LogP contribution >= 0.6 is 0 Å². The zero-order chi connectivity index (χ0) is 10.5. The Morgan fingerprint density at radius 3 is 2.54 bits per heavy atom. The standard InChI is InChI=1S/C9H20N2O2/c1-5-9(2,10)8(12)11(3)6-7-13-4/h5-7,10H2,1-4H3. The van der Waals surface area contributed by atoms with E-state index in [1.54, 1.807) is 26.0 Å². The third kappa shape index (κ3) is 3.74. The van der Waals surface area contributed by atoms with Gasteiger partial charge in [0.25, 0.3) is 0 Å². The molecular weight excluding hydrogens is 168 g/mol. The Balaban J connectivity index is 4.09. The fourth-order valence-electron chi connectivity index (χ4n) is 0.917. The van der Waals surface area contributed by atoms with Gasteiger partial charge in [-0.15, -0.1) is 0 Å². The number of rotatable bonds is 5. The highest BCUT2D eigenvalue weighted by Gasteiger charge is 2.28. The zero-order valence-corrected chi connectivity index (χ0v) is 8.96. The molecule has 13 heavy (non-hydrogen) atoms. The molecule has 0 aromatic carbocycles. The molecule has 0 aliphatic heterocycles. The van der Waals surface area contributed by atoms with Gasteiger partial charge in [-0.2, -0.15) is 0 Å². The van der Waals surface area contributed by atoms with Crippen molar-refractivity contribution < 1.29 is 9.53 Å². The molecule has 1 amide bonds. The lowest BCUT2D eigenvalue weighted by molar-refractivity contribution is -0.135. The predicted octanol–water partition coefficient (Wildman–Crippen LogP) is 0.219. The SMILES string of the molecule is CCC(C)(N)C(=O)N(C)CCOC. The van der Waals surface area contributed by atoms with Gasteiger partial charge in [-0.1, -0.05) is 6.92 Å². The number of likely N-dealkylation sites (N-methyl/N-ethyl adjacent to an activating group) is 1. The van der Waals surface area contributed by atoms with Crippen molar-refractivity contribution in [1.29, 1.82) is 0 Å². The Morgan fingerprint density at radius 1 is 1.62 bits per heavy atom. The van der Waals surface area contributed by atoms with E-state index in [9.17, 15) is 4.79 Å². The third-order valence-electron chi connectivity index (χ3n) is 2.20. The summed E-state index contributed by atoms with van der Waals surface area (Å²) in [5.41, 5.74) is 5.05. The minimum atomic E-state index is -0.748. The first-order chi connectivity index (χ1) is 5.95. The van der Waals surface area contributed by atoms with E-state index in [1.807, 2.05) is 6.92 Å². The van der Waals surface area contributed by atoms with Crippen LogP contribution in [0, 0.1) is 0 Å². The molecular formula is C9H20N2O2. The van der Waals surface area contributed by atoms with E-state index < -0.39 is 5.54 Å². The Morgan fingerprint density at radius 2 is 2.15 bits per heavy atom. The van der Waals surface area contributed by atoms with E-state index in [-0.39, 0.29) is 5.91 Å². The number of carbonyl (C=O) groups excluding carboxylic acids is 1. The molecule has 1 atom stereocenters. The summed E-state index contributed by atoms with van der Waals surface area (Å²) in [6.45, 7) is 4.78. The van der Waals surface area contributed by atoms with Crippen molar-refractivity contribution in [2.75, 3.05) is 27.3 Å². The number of methoxy groups -OCH3 is 1. The molecule has 0 aromatic heterocycles. The quantitative estimate of drug-likeness (QED) is 0.671. The number of hydrogen-bond acceptors (Lipinski definition) is 3. The molecule has 4 heteroatoms. The lowest BCUT2D eigenvalue weighted by atomic mass is 9.99. The Labute approximate surface area is 80.0 Å². The molecule has 0 saturated carbocycles. The number of amides is 1. The van der Waals surface area contributed by atoms with Gasteiger partial charge in [0.05, 0.1) is 12.1 Å². The molecule has 4 nitrogen and oxygen atoms in total. The smallest absolute Gasteiger partial charge is 0.242 e. The van der Waals surface area contributed by atoms with Crippen molar-refractivity contribution in [2.45, 2.75) is 25.8 Å². The first-order valence-electron chi connectivity index (χ1n) is 4.49. The van der Waals surface area contributed by atoms with Crippen LogP contribution in [0.4, 0.5) is 0 Å². The summed E-state index contributed by atoms with van der Waals surface area (Å²) in [6, 6.07) is 0. The van der Waals surface area contributed by atoms with Crippen LogP contribution in [-0.2, 0) is 9.53 Å². The fraction of sp³-hybridized carbons (Fsp3) is 0.889. The third-order valence-corrected chi connectivity index (χ3v) is 2.20. The predicted molar refractivity (Wildman–Crippen MR) is 52.4 cm³/mol. The Hall–Kier alpha value is -0.610. The van der Waals surface area contributed by atoms with Gasteiger partial charge in [0, 0.05) is 20.7 Å². The van der Waals surface area contributed by atoms with Crippen LogP contribution in [0.25, 0.3) is 0 Å². The summed E-state index contributed by atoms with van der Waals surface area (Å²) in [7, 11) is 3.35.